The van der Waals surface area contributed by atoms with Gasteiger partial charge in [-0.1, -0.05) is 41.5 Å². The molecule has 0 atom stereocenters. The van der Waals surface area contributed by atoms with Gasteiger partial charge in [0.15, 0.2) is 0 Å². The van der Waals surface area contributed by atoms with Crippen molar-refractivity contribution < 1.29 is 0 Å². The molecule has 0 fully saturated rings. The second kappa shape index (κ2) is 16.8. The molecule has 164 valence electrons. The van der Waals surface area contributed by atoms with Crippen molar-refractivity contribution in [3.05, 3.63) is 10.8 Å². The van der Waals surface area contributed by atoms with Crippen LogP contribution in [0.3, 0.4) is 0 Å². The van der Waals surface area contributed by atoms with E-state index < -0.39 is 0 Å². The summed E-state index contributed by atoms with van der Waals surface area (Å²) in [5.41, 5.74) is 3.14. The average Bonchev–Trinajstić information content (AvgIpc) is 3.44. The topological polar surface area (TPSA) is 67.9 Å². The number of hydrogen-bond acceptors (Lipinski definition) is 4. The molecule has 0 saturated carbocycles. The molecule has 6 heteroatoms. The first-order chi connectivity index (χ1) is 14.1. The molecule has 1 aromatic carbocycles. The van der Waals surface area contributed by atoms with Crippen LogP contribution in [0.1, 0.15) is 80.1 Å². The molecule has 6 nitrogen and oxygen atoms in total. The van der Waals surface area contributed by atoms with Crippen LogP contribution in [0.15, 0.2) is 4.99 Å². The lowest BCUT2D eigenvalue weighted by Crippen LogP contribution is -2.31. The van der Waals surface area contributed by atoms with Crippen LogP contribution in [-0.2, 0) is 0 Å². The fourth-order valence-corrected chi connectivity index (χ4v) is 3.71. The molecule has 1 aromatic rings. The maximum Gasteiger partial charge on any atom is 0.252 e. The summed E-state index contributed by atoms with van der Waals surface area (Å²) < 4.78 is 2.65. The summed E-state index contributed by atoms with van der Waals surface area (Å²) in [6.45, 7) is 20.9. The molecule has 29 heavy (non-hydrogen) atoms. The molecule has 0 radical (unpaired) electrons. The van der Waals surface area contributed by atoms with Gasteiger partial charge in [-0.05, 0) is 25.7 Å². The van der Waals surface area contributed by atoms with E-state index in [0.29, 0.717) is 0 Å². The summed E-state index contributed by atoms with van der Waals surface area (Å²) >= 11 is 0. The van der Waals surface area contributed by atoms with Gasteiger partial charge in [-0.25, -0.2) is 4.58 Å². The van der Waals surface area contributed by atoms with Crippen molar-refractivity contribution in [2.24, 2.45) is 4.99 Å². The van der Waals surface area contributed by atoms with E-state index in [-0.39, 0.29) is 0 Å². The Bertz CT molecular complexity index is 605. The van der Waals surface area contributed by atoms with Crippen molar-refractivity contribution in [1.82, 2.24) is 4.58 Å². The number of nitriles is 1. The molecule has 0 unspecified atom stereocenters. The van der Waals surface area contributed by atoms with E-state index in [4.69, 9.17) is 10.7 Å². The fraction of sp³-hybridized carbons (Fsp3) is 0.783. The van der Waals surface area contributed by atoms with E-state index in [1.54, 1.807) is 16.7 Å². The zero-order valence-electron chi connectivity index (χ0n) is 19.7. The Hall–Kier alpha value is -2.12. The molecule has 0 aliphatic carbocycles. The summed E-state index contributed by atoms with van der Waals surface area (Å²) in [6.07, 6.45) is 8.66. The lowest BCUT2D eigenvalue weighted by Gasteiger charge is -2.22. The first-order valence-corrected chi connectivity index (χ1v) is 11.5. The van der Waals surface area contributed by atoms with Crippen molar-refractivity contribution in [3.8, 4) is 6.19 Å². The Kier molecular flexibility index (Phi) is 15.6. The molecule has 0 aliphatic heterocycles. The van der Waals surface area contributed by atoms with Gasteiger partial charge >= 0.3 is 0 Å². The van der Waals surface area contributed by atoms with Crippen molar-refractivity contribution in [1.29, 1.82) is 5.26 Å². The lowest BCUT2D eigenvalue weighted by molar-refractivity contribution is 0.562. The van der Waals surface area contributed by atoms with E-state index >= 15 is 0 Å². The third-order valence-electron chi connectivity index (χ3n) is 4.62. The average molecular weight is 403 g/mol. The zero-order chi connectivity index (χ0) is 22.1. The first-order valence-electron chi connectivity index (χ1n) is 11.5. The van der Waals surface area contributed by atoms with Crippen molar-refractivity contribution in [2.45, 2.75) is 80.1 Å². The third-order valence-corrected chi connectivity index (χ3v) is 4.62. The number of aliphatic imine (C=N–C) groups is 1. The van der Waals surface area contributed by atoms with Crippen molar-refractivity contribution in [3.63, 3.8) is 0 Å². The second-order valence-electron chi connectivity index (χ2n) is 7.32. The highest BCUT2D eigenvalue weighted by atomic mass is 15.3. The normalized spacial score (nSPS) is 9.97. The largest absolute Gasteiger partial charge is 0.422 e. The van der Waals surface area contributed by atoms with Gasteiger partial charge in [0.25, 0.3) is 5.36 Å². The molecule has 0 bridgehead atoms. The van der Waals surface area contributed by atoms with Gasteiger partial charge in [-0.15, -0.1) is 6.01 Å². The smallest absolute Gasteiger partial charge is 0.252 e. The third kappa shape index (κ3) is 9.28. The second-order valence-corrected chi connectivity index (χ2v) is 7.32. The van der Waals surface area contributed by atoms with Crippen LogP contribution in [0.25, 0.3) is 5.41 Å². The van der Waals surface area contributed by atoms with Crippen LogP contribution in [0.2, 0.25) is 0 Å². The predicted molar refractivity (Wildman–Crippen MR) is 126 cm³/mol. The van der Waals surface area contributed by atoms with E-state index in [1.807, 2.05) is 0 Å². The van der Waals surface area contributed by atoms with Gasteiger partial charge in [0, 0.05) is 39.0 Å². The van der Waals surface area contributed by atoms with Crippen LogP contribution in [0, 0.1) is 11.5 Å². The molecule has 0 saturated heterocycles. The highest BCUT2D eigenvalue weighted by Crippen LogP contribution is 2.33. The fourth-order valence-electron chi connectivity index (χ4n) is 3.71. The van der Waals surface area contributed by atoms with E-state index in [0.717, 1.165) is 0 Å². The molecule has 0 N–H and O–H groups in total. The van der Waals surface area contributed by atoms with Crippen LogP contribution < -0.4 is 19.7 Å². The highest BCUT2D eigenvalue weighted by Gasteiger charge is 2.36. The summed E-state index contributed by atoms with van der Waals surface area (Å²) in [5.74, 6) is 0. The molecule has 1 rings (SSSR count). The van der Waals surface area contributed by atoms with Gasteiger partial charge in [-0.3, -0.25) is 0 Å². The Balaban J connectivity index is 0.00000139. The van der Waals surface area contributed by atoms with Gasteiger partial charge in [0.05, 0.1) is 6.19 Å². The maximum atomic E-state index is 7.43. The minimum absolute atomic E-state index is 1.19. The molecule has 0 amide bonds. The predicted octanol–water partition coefficient (Wildman–Crippen LogP) is 4.62. The van der Waals surface area contributed by atoms with Gasteiger partial charge in [-0.2, -0.15) is 5.26 Å². The van der Waals surface area contributed by atoms with Crippen LogP contribution in [0.5, 0.6) is 0 Å². The van der Waals surface area contributed by atoms with E-state index in [2.05, 4.69) is 60.9 Å². The lowest BCUT2D eigenvalue weighted by atomic mass is 10.3. The molecule has 0 aromatic heterocycles. The van der Waals surface area contributed by atoms with Crippen LogP contribution >= 0.6 is 0 Å². The standard InChI is InChI=1S/C21H42N3.C2N3/c1-7-13-22(14-8-2)19-20(23(15-9-3)16-10-4)21(19)24(17-11-5)18-12-6;3-1-5-2-4/h7-18H2,1-6H3;/q+1;-1. The van der Waals surface area contributed by atoms with Crippen LogP contribution in [0.4, 0.5) is 11.4 Å². The number of nitrogens with zero attached hydrogens (tertiary/aromatic N) is 6. The zero-order valence-corrected chi connectivity index (χ0v) is 19.7. The summed E-state index contributed by atoms with van der Waals surface area (Å²) in [7, 11) is 0. The SMILES string of the molecule is CCCN(CCC)c1c(N(CCC)CCC)c1=[N+](CCC)CCC.N#CN=C=[N-]. The summed E-state index contributed by atoms with van der Waals surface area (Å²) in [6, 6.07) is 1.28. The molecule has 0 spiro atoms. The highest BCUT2D eigenvalue weighted by molar-refractivity contribution is 5.85. The van der Waals surface area contributed by atoms with E-state index in [1.165, 1.54) is 90.0 Å². The molecule has 0 aliphatic rings. The summed E-state index contributed by atoms with van der Waals surface area (Å²) in [5, 5.41) is 16.4. The number of rotatable bonds is 14. The minimum atomic E-state index is 1.19. The van der Waals surface area contributed by atoms with Crippen LogP contribution in [-0.4, -0.2) is 45.3 Å². The Morgan fingerprint density at radius 2 is 1.14 bits per heavy atom. The molecule has 0 heterocycles. The maximum absolute atomic E-state index is 7.43. The minimum Gasteiger partial charge on any atom is -0.422 e. The quantitative estimate of drug-likeness (QED) is 0.259. The van der Waals surface area contributed by atoms with Crippen molar-refractivity contribution >= 4 is 17.4 Å². The molecular formula is C23H42N6. The summed E-state index contributed by atoms with van der Waals surface area (Å²) in [4.78, 5) is 7.89. The number of anilines is 2. The number of hydrogen-bond donors (Lipinski definition) is 0. The first kappa shape index (κ1) is 26.9. The Morgan fingerprint density at radius 3 is 1.34 bits per heavy atom. The van der Waals surface area contributed by atoms with Gasteiger partial charge < -0.3 is 20.2 Å². The Labute approximate surface area is 178 Å². The molecular weight excluding hydrogens is 360 g/mol. The monoisotopic (exact) mass is 402 g/mol. The van der Waals surface area contributed by atoms with E-state index in [9.17, 15) is 0 Å². The van der Waals surface area contributed by atoms with Crippen molar-refractivity contribution in [2.75, 3.05) is 49.1 Å². The Morgan fingerprint density at radius 1 is 0.759 bits per heavy atom. The van der Waals surface area contributed by atoms with Gasteiger partial charge in [0.1, 0.15) is 24.5 Å². The van der Waals surface area contributed by atoms with Gasteiger partial charge in [0.2, 0.25) is 0 Å².